The van der Waals surface area contributed by atoms with Crippen LogP contribution in [0.25, 0.3) is 0 Å². The monoisotopic (exact) mass is 267 g/mol. The normalized spacial score (nSPS) is 12.7. The highest BCUT2D eigenvalue weighted by atomic mass is 32.1. The van der Waals surface area contributed by atoms with Crippen molar-refractivity contribution in [3.63, 3.8) is 0 Å². The summed E-state index contributed by atoms with van der Waals surface area (Å²) < 4.78 is 0. The predicted octanol–water partition coefficient (Wildman–Crippen LogP) is 3.95. The molecule has 0 aliphatic carbocycles. The van der Waals surface area contributed by atoms with E-state index in [9.17, 15) is 0 Å². The minimum atomic E-state index is 0.275. The van der Waals surface area contributed by atoms with Gasteiger partial charge in [-0.2, -0.15) is 0 Å². The molecule has 2 aromatic rings. The molecule has 17 heavy (non-hydrogen) atoms. The molecule has 0 amide bonds. The van der Waals surface area contributed by atoms with Crippen molar-refractivity contribution in [2.75, 3.05) is 5.32 Å². The van der Waals surface area contributed by atoms with Crippen molar-refractivity contribution < 1.29 is 0 Å². The van der Waals surface area contributed by atoms with Gasteiger partial charge in [0.2, 0.25) is 0 Å². The van der Waals surface area contributed by atoms with Crippen molar-refractivity contribution in [2.24, 2.45) is 0 Å². The first kappa shape index (κ1) is 12.5. The largest absolute Gasteiger partial charge is 0.354 e. The van der Waals surface area contributed by atoms with Crippen LogP contribution in [-0.2, 0) is 6.42 Å². The van der Waals surface area contributed by atoms with Crippen molar-refractivity contribution in [1.82, 2.24) is 9.97 Å². The first-order valence-corrected chi connectivity index (χ1v) is 7.44. The van der Waals surface area contributed by atoms with Gasteiger partial charge in [0.25, 0.3) is 0 Å². The zero-order chi connectivity index (χ0) is 12.4. The van der Waals surface area contributed by atoms with Crippen LogP contribution >= 0.6 is 22.7 Å². The van der Waals surface area contributed by atoms with Gasteiger partial charge in [0.15, 0.2) is 5.13 Å². The summed E-state index contributed by atoms with van der Waals surface area (Å²) in [6, 6.07) is 0.275. The Morgan fingerprint density at radius 1 is 1.35 bits per heavy atom. The van der Waals surface area contributed by atoms with Gasteiger partial charge in [-0.05, 0) is 27.2 Å². The Balaban J connectivity index is 2.11. The van der Waals surface area contributed by atoms with Crippen molar-refractivity contribution in [2.45, 2.75) is 40.2 Å². The molecule has 2 aromatic heterocycles. The van der Waals surface area contributed by atoms with E-state index in [0.29, 0.717) is 0 Å². The van der Waals surface area contributed by atoms with Crippen LogP contribution in [0.15, 0.2) is 5.38 Å². The average molecular weight is 267 g/mol. The van der Waals surface area contributed by atoms with E-state index < -0.39 is 0 Å². The highest BCUT2D eigenvalue weighted by Gasteiger charge is 2.13. The third-order valence-electron chi connectivity index (χ3n) is 2.59. The second kappa shape index (κ2) is 5.14. The van der Waals surface area contributed by atoms with E-state index in [-0.39, 0.29) is 6.04 Å². The van der Waals surface area contributed by atoms with Gasteiger partial charge < -0.3 is 5.32 Å². The van der Waals surface area contributed by atoms with Crippen molar-refractivity contribution >= 4 is 27.8 Å². The molecule has 0 bridgehead atoms. The van der Waals surface area contributed by atoms with E-state index >= 15 is 0 Å². The third kappa shape index (κ3) is 2.84. The summed E-state index contributed by atoms with van der Waals surface area (Å²) in [4.78, 5) is 10.3. The topological polar surface area (TPSA) is 37.8 Å². The highest BCUT2D eigenvalue weighted by Crippen LogP contribution is 2.28. The van der Waals surface area contributed by atoms with Gasteiger partial charge in [-0.15, -0.1) is 22.7 Å². The number of thiazole rings is 2. The highest BCUT2D eigenvalue weighted by molar-refractivity contribution is 7.14. The third-order valence-corrected chi connectivity index (χ3v) is 4.66. The number of hydrogen-bond donors (Lipinski definition) is 1. The van der Waals surface area contributed by atoms with E-state index in [2.05, 4.69) is 41.4 Å². The minimum Gasteiger partial charge on any atom is -0.354 e. The predicted molar refractivity (Wildman–Crippen MR) is 75.1 cm³/mol. The Bertz CT molecular complexity index is 502. The quantitative estimate of drug-likeness (QED) is 0.911. The maximum Gasteiger partial charge on any atom is 0.183 e. The van der Waals surface area contributed by atoms with Gasteiger partial charge in [0.05, 0.1) is 22.4 Å². The van der Waals surface area contributed by atoms with Crippen molar-refractivity contribution in [3.8, 4) is 0 Å². The van der Waals surface area contributed by atoms with Crippen LogP contribution in [0, 0.1) is 13.8 Å². The smallest absolute Gasteiger partial charge is 0.183 e. The molecular weight excluding hydrogens is 250 g/mol. The summed E-state index contributed by atoms with van der Waals surface area (Å²) in [5.41, 5.74) is 2.28. The van der Waals surface area contributed by atoms with Crippen LogP contribution in [0.4, 0.5) is 5.13 Å². The number of aryl methyl sites for hydroxylation is 3. The Morgan fingerprint density at radius 2 is 2.12 bits per heavy atom. The summed E-state index contributed by atoms with van der Waals surface area (Å²) in [5.74, 6) is 0. The van der Waals surface area contributed by atoms with E-state index in [1.54, 1.807) is 22.7 Å². The molecular formula is C12H17N3S2. The summed E-state index contributed by atoms with van der Waals surface area (Å²) in [5, 5.41) is 7.68. The van der Waals surface area contributed by atoms with Gasteiger partial charge in [-0.3, -0.25) is 0 Å². The second-order valence-corrected chi connectivity index (χ2v) is 6.14. The van der Waals surface area contributed by atoms with Crippen LogP contribution in [0.2, 0.25) is 0 Å². The molecule has 2 heterocycles. The fourth-order valence-electron chi connectivity index (χ4n) is 1.74. The zero-order valence-electron chi connectivity index (χ0n) is 10.6. The molecule has 2 rings (SSSR count). The lowest BCUT2D eigenvalue weighted by Crippen LogP contribution is -2.06. The maximum absolute atomic E-state index is 4.52. The van der Waals surface area contributed by atoms with Gasteiger partial charge in [0.1, 0.15) is 0 Å². The number of anilines is 1. The standard InChI is InChI=1S/C12H17N3S2/c1-5-10-6-16-12(15-10)14-8(3)11-7(2)13-9(4)17-11/h6,8H,5H2,1-4H3,(H,14,15). The minimum absolute atomic E-state index is 0.275. The Hall–Kier alpha value is -0.940. The summed E-state index contributed by atoms with van der Waals surface area (Å²) >= 11 is 3.43. The summed E-state index contributed by atoms with van der Waals surface area (Å²) in [6.45, 7) is 8.40. The van der Waals surface area contributed by atoms with Crippen molar-refractivity contribution in [1.29, 1.82) is 0 Å². The molecule has 0 radical (unpaired) electrons. The molecule has 1 unspecified atom stereocenters. The zero-order valence-corrected chi connectivity index (χ0v) is 12.2. The van der Waals surface area contributed by atoms with E-state index in [0.717, 1.165) is 27.9 Å². The van der Waals surface area contributed by atoms with E-state index in [1.165, 1.54) is 4.88 Å². The van der Waals surface area contributed by atoms with Crippen LogP contribution in [-0.4, -0.2) is 9.97 Å². The molecule has 0 aliphatic heterocycles. The van der Waals surface area contributed by atoms with Gasteiger partial charge in [-0.1, -0.05) is 6.92 Å². The molecule has 0 saturated heterocycles. The Kier molecular flexibility index (Phi) is 3.79. The molecule has 1 N–H and O–H groups in total. The maximum atomic E-state index is 4.52. The molecule has 1 atom stereocenters. The van der Waals surface area contributed by atoms with Crippen LogP contribution in [0.3, 0.4) is 0 Å². The fraction of sp³-hybridized carbons (Fsp3) is 0.500. The molecule has 0 spiro atoms. The first-order valence-electron chi connectivity index (χ1n) is 5.75. The van der Waals surface area contributed by atoms with E-state index in [1.807, 2.05) is 6.92 Å². The second-order valence-electron chi connectivity index (χ2n) is 4.05. The molecule has 92 valence electrons. The molecule has 0 aliphatic rings. The summed E-state index contributed by atoms with van der Waals surface area (Å²) in [6.07, 6.45) is 0.991. The Morgan fingerprint density at radius 3 is 2.65 bits per heavy atom. The number of nitrogens with one attached hydrogen (secondary N) is 1. The molecule has 3 nitrogen and oxygen atoms in total. The fourth-order valence-corrected chi connectivity index (χ4v) is 3.55. The molecule has 0 aromatic carbocycles. The lowest BCUT2D eigenvalue weighted by Gasteiger charge is -2.11. The number of aromatic nitrogens is 2. The van der Waals surface area contributed by atoms with Gasteiger partial charge >= 0.3 is 0 Å². The van der Waals surface area contributed by atoms with Gasteiger partial charge in [-0.25, -0.2) is 9.97 Å². The summed E-state index contributed by atoms with van der Waals surface area (Å²) in [7, 11) is 0. The van der Waals surface area contributed by atoms with Crippen LogP contribution in [0.1, 0.15) is 41.2 Å². The lowest BCUT2D eigenvalue weighted by atomic mass is 10.2. The van der Waals surface area contributed by atoms with Crippen molar-refractivity contribution in [3.05, 3.63) is 26.7 Å². The number of hydrogen-bond acceptors (Lipinski definition) is 5. The lowest BCUT2D eigenvalue weighted by molar-refractivity contribution is 0.883. The molecule has 5 heteroatoms. The number of nitrogens with zero attached hydrogens (tertiary/aromatic N) is 2. The molecule has 0 fully saturated rings. The SMILES string of the molecule is CCc1csc(NC(C)c2sc(C)nc2C)n1. The molecule has 0 saturated carbocycles. The van der Waals surface area contributed by atoms with Crippen LogP contribution < -0.4 is 5.32 Å². The van der Waals surface area contributed by atoms with Gasteiger partial charge in [0, 0.05) is 10.3 Å². The average Bonchev–Trinajstić information content (AvgIpc) is 2.85. The van der Waals surface area contributed by atoms with Crippen LogP contribution in [0.5, 0.6) is 0 Å². The Labute approximate surface area is 110 Å². The number of rotatable bonds is 4. The van der Waals surface area contributed by atoms with E-state index in [4.69, 9.17) is 0 Å². The first-order chi connectivity index (χ1) is 8.10.